The second-order valence-electron chi connectivity index (χ2n) is 7.52. The van der Waals surface area contributed by atoms with Gasteiger partial charge in [0, 0.05) is 63.2 Å². The van der Waals surface area contributed by atoms with Gasteiger partial charge in [0.15, 0.2) is 5.60 Å². The molecule has 0 amide bonds. The molecule has 0 aliphatic rings. The average Bonchev–Trinajstić information content (AvgIpc) is 2.72. The summed E-state index contributed by atoms with van der Waals surface area (Å²) in [5.74, 6) is -0.331. The molecule has 3 aromatic carbocycles. The van der Waals surface area contributed by atoms with Crippen molar-refractivity contribution in [2.75, 3.05) is 38.0 Å². The van der Waals surface area contributed by atoms with E-state index in [1.54, 1.807) is 0 Å². The van der Waals surface area contributed by atoms with Crippen LogP contribution in [-0.4, -0.2) is 34.2 Å². The highest BCUT2D eigenvalue weighted by Crippen LogP contribution is 2.41. The quantitative estimate of drug-likeness (QED) is 0.454. The topological polar surface area (TPSA) is 32.8 Å². The first-order chi connectivity index (χ1) is 13.8. The molecule has 0 aliphatic heterocycles. The molecule has 3 rings (SSSR count). The zero-order valence-electron chi connectivity index (χ0n) is 17.7. The SMILES string of the molecule is CC(=O)OC(c1ccccc1)(c1ccc(N(C)C)cc1)c1ccc(N(C)C)cc1. The van der Waals surface area contributed by atoms with Gasteiger partial charge in [0.1, 0.15) is 0 Å². The molecule has 4 heteroatoms. The number of carbonyl (C=O) groups is 1. The van der Waals surface area contributed by atoms with Gasteiger partial charge in [-0.05, 0) is 24.3 Å². The molecule has 0 radical (unpaired) electrons. The lowest BCUT2D eigenvalue weighted by Gasteiger charge is -2.35. The number of benzene rings is 3. The fourth-order valence-electron chi connectivity index (χ4n) is 3.55. The Labute approximate surface area is 173 Å². The minimum absolute atomic E-state index is 0.331. The molecule has 0 fully saturated rings. The molecule has 0 atom stereocenters. The number of rotatable bonds is 6. The molecule has 29 heavy (non-hydrogen) atoms. The van der Waals surface area contributed by atoms with Crippen LogP contribution in [0.1, 0.15) is 23.6 Å². The van der Waals surface area contributed by atoms with Gasteiger partial charge in [-0.2, -0.15) is 0 Å². The van der Waals surface area contributed by atoms with Crippen LogP contribution in [0.25, 0.3) is 0 Å². The third-order valence-corrected chi connectivity index (χ3v) is 5.06. The molecule has 0 saturated heterocycles. The Kier molecular flexibility index (Phi) is 5.92. The molecule has 0 spiro atoms. The molecule has 0 unspecified atom stereocenters. The summed E-state index contributed by atoms with van der Waals surface area (Å²) in [6.07, 6.45) is 0. The highest BCUT2D eigenvalue weighted by molar-refractivity contribution is 5.69. The number of carbonyl (C=O) groups excluding carboxylic acids is 1. The Balaban J connectivity index is 2.26. The van der Waals surface area contributed by atoms with E-state index in [4.69, 9.17) is 4.74 Å². The second kappa shape index (κ2) is 8.39. The van der Waals surface area contributed by atoms with Gasteiger partial charge in [0.2, 0.25) is 0 Å². The van der Waals surface area contributed by atoms with E-state index in [-0.39, 0.29) is 5.97 Å². The van der Waals surface area contributed by atoms with Crippen molar-refractivity contribution in [1.82, 2.24) is 0 Å². The van der Waals surface area contributed by atoms with Gasteiger partial charge < -0.3 is 14.5 Å². The Bertz CT molecular complexity index is 895. The third kappa shape index (κ3) is 4.11. The van der Waals surface area contributed by atoms with Crippen LogP contribution in [-0.2, 0) is 15.1 Å². The number of hydrogen-bond acceptors (Lipinski definition) is 4. The number of ether oxygens (including phenoxy) is 1. The van der Waals surface area contributed by atoms with Crippen molar-refractivity contribution in [2.24, 2.45) is 0 Å². The van der Waals surface area contributed by atoms with Crippen molar-refractivity contribution in [3.05, 3.63) is 95.6 Å². The van der Waals surface area contributed by atoms with Gasteiger partial charge in [0.05, 0.1) is 0 Å². The zero-order chi connectivity index (χ0) is 21.0. The van der Waals surface area contributed by atoms with E-state index in [1.807, 2.05) is 117 Å². The van der Waals surface area contributed by atoms with E-state index in [2.05, 4.69) is 0 Å². The normalized spacial score (nSPS) is 11.1. The number of esters is 1. The van der Waals surface area contributed by atoms with Crippen molar-refractivity contribution >= 4 is 17.3 Å². The van der Waals surface area contributed by atoms with E-state index < -0.39 is 5.60 Å². The molecule has 0 aliphatic carbocycles. The maximum Gasteiger partial charge on any atom is 0.304 e. The van der Waals surface area contributed by atoms with E-state index in [0.717, 1.165) is 28.1 Å². The fraction of sp³-hybridized carbons (Fsp3) is 0.240. The van der Waals surface area contributed by atoms with E-state index >= 15 is 0 Å². The predicted molar refractivity (Wildman–Crippen MR) is 120 cm³/mol. The van der Waals surface area contributed by atoms with Crippen LogP contribution in [0.3, 0.4) is 0 Å². The van der Waals surface area contributed by atoms with Gasteiger partial charge in [-0.1, -0.05) is 54.6 Å². The first-order valence-corrected chi connectivity index (χ1v) is 9.65. The van der Waals surface area contributed by atoms with E-state index in [0.29, 0.717) is 0 Å². The third-order valence-electron chi connectivity index (χ3n) is 5.06. The predicted octanol–water partition coefficient (Wildman–Crippen LogP) is 4.67. The molecule has 3 aromatic rings. The lowest BCUT2D eigenvalue weighted by atomic mass is 9.80. The Hall–Kier alpha value is -3.27. The highest BCUT2D eigenvalue weighted by atomic mass is 16.6. The van der Waals surface area contributed by atoms with Gasteiger partial charge in [-0.3, -0.25) is 4.79 Å². The van der Waals surface area contributed by atoms with Gasteiger partial charge in [-0.25, -0.2) is 0 Å². The molecular formula is C25H28N2O2. The van der Waals surface area contributed by atoms with Crippen molar-refractivity contribution < 1.29 is 9.53 Å². The second-order valence-corrected chi connectivity index (χ2v) is 7.52. The van der Waals surface area contributed by atoms with Crippen molar-refractivity contribution in [3.8, 4) is 0 Å². The average molecular weight is 389 g/mol. The molecule has 150 valence electrons. The minimum Gasteiger partial charge on any atom is -0.444 e. The molecule has 0 N–H and O–H groups in total. The van der Waals surface area contributed by atoms with E-state index in [9.17, 15) is 4.79 Å². The summed E-state index contributed by atoms with van der Waals surface area (Å²) in [6, 6.07) is 26.2. The Morgan fingerprint density at radius 2 is 1.03 bits per heavy atom. The van der Waals surface area contributed by atoms with Crippen molar-refractivity contribution in [2.45, 2.75) is 12.5 Å². The van der Waals surface area contributed by atoms with Crippen LogP contribution in [0.4, 0.5) is 11.4 Å². The summed E-state index contributed by atoms with van der Waals surface area (Å²) >= 11 is 0. The first-order valence-electron chi connectivity index (χ1n) is 9.65. The Morgan fingerprint density at radius 3 is 1.38 bits per heavy atom. The summed E-state index contributed by atoms with van der Waals surface area (Å²) < 4.78 is 6.13. The standard InChI is InChI=1S/C25H28N2O2/c1-19(28)29-25(20-9-7-6-8-10-20,21-11-15-23(16-12-21)26(2)3)22-13-17-24(18-14-22)27(4)5/h6-18H,1-5H3. The smallest absolute Gasteiger partial charge is 0.304 e. The zero-order valence-corrected chi connectivity index (χ0v) is 17.7. The summed E-state index contributed by atoms with van der Waals surface area (Å²) in [4.78, 5) is 16.4. The number of anilines is 2. The minimum atomic E-state index is -1.03. The summed E-state index contributed by atoms with van der Waals surface area (Å²) in [6.45, 7) is 1.46. The Morgan fingerprint density at radius 1 is 0.655 bits per heavy atom. The van der Waals surface area contributed by atoms with Gasteiger partial charge in [0.25, 0.3) is 0 Å². The number of nitrogens with zero attached hydrogens (tertiary/aromatic N) is 2. The first kappa shape index (κ1) is 20.5. The monoisotopic (exact) mass is 388 g/mol. The van der Waals surface area contributed by atoms with Crippen LogP contribution in [0.5, 0.6) is 0 Å². The summed E-state index contributed by atoms with van der Waals surface area (Å²) in [7, 11) is 8.02. The molecule has 0 aromatic heterocycles. The van der Waals surface area contributed by atoms with Gasteiger partial charge in [-0.15, -0.1) is 0 Å². The fourth-order valence-corrected chi connectivity index (χ4v) is 3.55. The van der Waals surface area contributed by atoms with Crippen LogP contribution in [0, 0.1) is 0 Å². The van der Waals surface area contributed by atoms with Crippen LogP contribution in [0.2, 0.25) is 0 Å². The van der Waals surface area contributed by atoms with Crippen LogP contribution >= 0.6 is 0 Å². The van der Waals surface area contributed by atoms with E-state index in [1.165, 1.54) is 6.92 Å². The van der Waals surface area contributed by atoms with Crippen molar-refractivity contribution in [3.63, 3.8) is 0 Å². The number of hydrogen-bond donors (Lipinski definition) is 0. The lowest BCUT2D eigenvalue weighted by Crippen LogP contribution is -2.34. The summed E-state index contributed by atoms with van der Waals surface area (Å²) in [5, 5.41) is 0. The van der Waals surface area contributed by atoms with Crippen LogP contribution < -0.4 is 9.80 Å². The van der Waals surface area contributed by atoms with Crippen molar-refractivity contribution in [1.29, 1.82) is 0 Å². The maximum atomic E-state index is 12.3. The van der Waals surface area contributed by atoms with Crippen LogP contribution in [0.15, 0.2) is 78.9 Å². The molecule has 0 bridgehead atoms. The molecule has 0 saturated carbocycles. The molecular weight excluding hydrogens is 360 g/mol. The molecule has 0 heterocycles. The van der Waals surface area contributed by atoms with Gasteiger partial charge >= 0.3 is 5.97 Å². The lowest BCUT2D eigenvalue weighted by molar-refractivity contribution is -0.150. The largest absolute Gasteiger partial charge is 0.444 e. The molecule has 4 nitrogen and oxygen atoms in total. The maximum absolute atomic E-state index is 12.3. The highest BCUT2D eigenvalue weighted by Gasteiger charge is 2.40. The summed E-state index contributed by atoms with van der Waals surface area (Å²) in [5.41, 5.74) is 3.86.